The zero-order valence-corrected chi connectivity index (χ0v) is 52.7. The summed E-state index contributed by atoms with van der Waals surface area (Å²) < 4.78 is 105. The molecule has 20 rings (SSSR count). The minimum Gasteiger partial charge on any atom is -0.309 e. The number of nitrogens with zero attached hydrogens (tertiary/aromatic N) is 7. The van der Waals surface area contributed by atoms with Gasteiger partial charge in [0.05, 0.1) is 88.7 Å². The third-order valence-electron chi connectivity index (χ3n) is 20.5. The van der Waals surface area contributed by atoms with Crippen LogP contribution in [-0.2, 0) is 12.4 Å². The van der Waals surface area contributed by atoms with Crippen LogP contribution in [-0.4, -0.2) is 27.4 Å². The summed E-state index contributed by atoms with van der Waals surface area (Å²) in [7, 11) is 0. The third kappa shape index (κ3) is 8.22. The number of halogens is 6. The van der Waals surface area contributed by atoms with Crippen molar-refractivity contribution in [3.05, 3.63) is 314 Å². The summed E-state index contributed by atoms with van der Waals surface area (Å²) in [6.07, 6.45) is -10.4. The Morgan fingerprint density at radius 3 is 0.730 bits per heavy atom. The average molecular weight is 1310 g/mol. The second kappa shape index (κ2) is 21.0. The molecule has 7 nitrogen and oxygen atoms in total. The smallest absolute Gasteiger partial charge is 0.309 e. The third-order valence-corrected chi connectivity index (χ3v) is 20.5. The van der Waals surface area contributed by atoms with E-state index in [0.29, 0.717) is 28.1 Å². The van der Waals surface area contributed by atoms with Gasteiger partial charge in [-0.2, -0.15) is 31.6 Å². The molecule has 0 radical (unpaired) electrons. The lowest BCUT2D eigenvalue weighted by atomic mass is 9.94. The van der Waals surface area contributed by atoms with Crippen molar-refractivity contribution < 1.29 is 26.3 Å². The van der Waals surface area contributed by atoms with E-state index in [9.17, 15) is 18.4 Å². The maximum Gasteiger partial charge on any atom is 0.417 e. The monoisotopic (exact) mass is 1310 g/mol. The molecule has 0 unspecified atom stereocenters. The number of hydrogen-bond acceptors (Lipinski definition) is 1. The lowest BCUT2D eigenvalue weighted by Crippen LogP contribution is -2.12. The first-order chi connectivity index (χ1) is 48.9. The summed E-state index contributed by atoms with van der Waals surface area (Å²) in [6, 6.07) is 98.0. The molecule has 0 aliphatic rings. The van der Waals surface area contributed by atoms with Gasteiger partial charge in [0.25, 0.3) is 0 Å². The normalized spacial score (nSPS) is 12.5. The molecule has 0 spiro atoms. The van der Waals surface area contributed by atoms with Gasteiger partial charge in [0.2, 0.25) is 0 Å². The van der Waals surface area contributed by atoms with Crippen LogP contribution in [0.1, 0.15) is 16.7 Å². The number of aromatic nitrogens is 6. The Morgan fingerprint density at radius 2 is 0.490 bits per heavy atom. The second-order valence-electron chi connectivity index (χ2n) is 25.7. The molecular weight excluding hydrogens is 1260 g/mol. The van der Waals surface area contributed by atoms with Gasteiger partial charge in [0.1, 0.15) is 11.6 Å². The van der Waals surface area contributed by atoms with Gasteiger partial charge >= 0.3 is 12.4 Å². The van der Waals surface area contributed by atoms with Crippen molar-refractivity contribution in [2.45, 2.75) is 12.4 Å². The Balaban J connectivity index is 0.915. The Bertz CT molecular complexity index is 6050. The highest BCUT2D eigenvalue weighted by Crippen LogP contribution is 2.48. The van der Waals surface area contributed by atoms with Crippen molar-refractivity contribution in [1.29, 1.82) is 5.26 Å². The number of alkyl halides is 6. The molecule has 0 atom stereocenters. The van der Waals surface area contributed by atoms with E-state index >= 15 is 13.2 Å². The fraction of sp³-hybridized carbons (Fsp3) is 0.0230. The van der Waals surface area contributed by atoms with Crippen molar-refractivity contribution in [1.82, 2.24) is 27.4 Å². The standard InChI is InChI=1S/C87H49F6N7/c88-86(89,90)52-33-38-57(71(45-52)87(91,92)93)51-43-84(99-80-39-34-53(95-72-25-9-1-17-58(72)59-18-2-10-26-73(59)95)46-66(80)67-47-54(35-40-81(67)99)96-74-27-11-3-19-60(74)61-20-4-12-28-75(61)96)70(50-94)85(44-51)100-82-41-36-55(97-76-29-13-5-21-62(76)63-22-6-14-30-77(63)97)48-68(82)69-49-56(37-42-83(69)100)98-78-31-15-7-23-64(78)65-24-8-16-32-79(65)98/h1-49H. The van der Waals surface area contributed by atoms with E-state index < -0.39 is 29.0 Å². The first kappa shape index (κ1) is 57.2. The number of benzene rings is 14. The van der Waals surface area contributed by atoms with Crippen molar-refractivity contribution in [3.63, 3.8) is 0 Å². The molecule has 100 heavy (non-hydrogen) atoms. The first-order valence-corrected chi connectivity index (χ1v) is 32.8. The van der Waals surface area contributed by atoms with Crippen LogP contribution in [0.4, 0.5) is 26.3 Å². The van der Waals surface area contributed by atoms with Gasteiger partial charge in [-0.1, -0.05) is 152 Å². The number of nitriles is 1. The molecule has 14 aromatic carbocycles. The highest BCUT2D eigenvalue weighted by atomic mass is 19.4. The summed E-state index contributed by atoms with van der Waals surface area (Å²) in [5.41, 5.74) is 10.7. The van der Waals surface area contributed by atoms with Crippen LogP contribution in [0, 0.1) is 11.3 Å². The van der Waals surface area contributed by atoms with Crippen LogP contribution >= 0.6 is 0 Å². The van der Waals surface area contributed by atoms with Crippen LogP contribution in [0.25, 0.3) is 176 Å². The van der Waals surface area contributed by atoms with Crippen molar-refractivity contribution in [2.75, 3.05) is 0 Å². The summed E-state index contributed by atoms with van der Waals surface area (Å²) in [5, 5.41) is 23.9. The van der Waals surface area contributed by atoms with Crippen molar-refractivity contribution in [3.8, 4) is 51.3 Å². The summed E-state index contributed by atoms with van der Waals surface area (Å²) in [6.45, 7) is 0. The van der Waals surface area contributed by atoms with Crippen LogP contribution in [0.15, 0.2) is 297 Å². The van der Waals surface area contributed by atoms with E-state index in [4.69, 9.17) is 0 Å². The van der Waals surface area contributed by atoms with E-state index in [2.05, 4.69) is 146 Å². The highest BCUT2D eigenvalue weighted by Gasteiger charge is 2.39. The molecule has 0 saturated heterocycles. The average Bonchev–Trinajstić information content (AvgIpc) is 1.56. The summed E-state index contributed by atoms with van der Waals surface area (Å²) >= 11 is 0. The van der Waals surface area contributed by atoms with Crippen LogP contribution in [0.5, 0.6) is 0 Å². The molecule has 20 aromatic rings. The summed E-state index contributed by atoms with van der Waals surface area (Å²) in [4.78, 5) is 0. The number of hydrogen-bond donors (Lipinski definition) is 0. The van der Waals surface area contributed by atoms with Crippen molar-refractivity contribution >= 4 is 131 Å². The van der Waals surface area contributed by atoms with E-state index in [1.165, 1.54) is 12.1 Å². The van der Waals surface area contributed by atoms with Gasteiger partial charge < -0.3 is 27.4 Å². The van der Waals surface area contributed by atoms with Crippen molar-refractivity contribution in [2.24, 2.45) is 0 Å². The van der Waals surface area contributed by atoms with E-state index in [0.717, 1.165) is 138 Å². The van der Waals surface area contributed by atoms with Crippen LogP contribution in [0.3, 0.4) is 0 Å². The first-order valence-electron chi connectivity index (χ1n) is 32.8. The molecule has 0 N–H and O–H groups in total. The molecule has 474 valence electrons. The van der Waals surface area contributed by atoms with Gasteiger partial charge in [-0.15, -0.1) is 0 Å². The predicted octanol–water partition coefficient (Wildman–Crippen LogP) is 23.8. The number of rotatable bonds is 7. The van der Waals surface area contributed by atoms with Gasteiger partial charge in [-0.3, -0.25) is 0 Å². The molecule has 6 aromatic heterocycles. The van der Waals surface area contributed by atoms with Gasteiger partial charge in [0, 0.05) is 87.4 Å². The predicted molar refractivity (Wildman–Crippen MR) is 393 cm³/mol. The highest BCUT2D eigenvalue weighted by molar-refractivity contribution is 6.17. The molecule has 6 heterocycles. The lowest BCUT2D eigenvalue weighted by Gasteiger charge is -2.21. The molecule has 0 amide bonds. The van der Waals surface area contributed by atoms with E-state index in [-0.39, 0.29) is 28.6 Å². The summed E-state index contributed by atoms with van der Waals surface area (Å²) in [5.74, 6) is 0. The van der Waals surface area contributed by atoms with E-state index in [1.54, 1.807) is 0 Å². The molecule has 13 heteroatoms. The van der Waals surface area contributed by atoms with Gasteiger partial charge in [0.15, 0.2) is 0 Å². The fourth-order valence-corrected chi connectivity index (χ4v) is 16.3. The zero-order valence-electron chi connectivity index (χ0n) is 52.7. The molecular formula is C87H49F6N7. The van der Waals surface area contributed by atoms with Crippen LogP contribution in [0.2, 0.25) is 0 Å². The number of para-hydroxylation sites is 8. The second-order valence-corrected chi connectivity index (χ2v) is 25.7. The maximum absolute atomic E-state index is 16.0. The van der Waals surface area contributed by atoms with Gasteiger partial charge in [-0.25, -0.2) is 0 Å². The van der Waals surface area contributed by atoms with E-state index in [1.807, 2.05) is 155 Å². The molecule has 0 bridgehead atoms. The molecule has 0 saturated carbocycles. The molecule has 0 aliphatic heterocycles. The molecule has 0 fully saturated rings. The largest absolute Gasteiger partial charge is 0.417 e. The Kier molecular flexibility index (Phi) is 12.0. The topological polar surface area (TPSA) is 53.4 Å². The Hall–Kier alpha value is -13.1. The zero-order chi connectivity index (χ0) is 67.0. The minimum atomic E-state index is -5.26. The van der Waals surface area contributed by atoms with Gasteiger partial charge in [-0.05, 0) is 157 Å². The Morgan fingerprint density at radius 1 is 0.240 bits per heavy atom. The quantitative estimate of drug-likeness (QED) is 0.147. The van der Waals surface area contributed by atoms with Crippen LogP contribution < -0.4 is 0 Å². The number of fused-ring (bicyclic) bond motifs is 18. The minimum absolute atomic E-state index is 0.0670. The molecule has 0 aliphatic carbocycles. The lowest BCUT2D eigenvalue weighted by molar-refractivity contribution is -0.142. The Labute approximate surface area is 564 Å². The maximum atomic E-state index is 16.0. The SMILES string of the molecule is N#Cc1c(-n2c3ccc(-n4c5ccccc5c5ccccc54)cc3c3cc(-n4c5ccccc5c5ccccc54)ccc32)cc(-c2ccc(C(F)(F)F)cc2C(F)(F)F)cc1-n1c2ccc(-n3c4ccccc4c4ccccc43)cc2c2cc(-n3c4ccccc4c4ccccc43)ccc21. The fourth-order valence-electron chi connectivity index (χ4n) is 16.3.